The predicted octanol–water partition coefficient (Wildman–Crippen LogP) is 4.24. The molecule has 0 aromatic carbocycles. The quantitative estimate of drug-likeness (QED) is 0.361. The largest absolute Gasteiger partial charge is 0.211 e. The van der Waals surface area contributed by atoms with Gasteiger partial charge < -0.3 is 0 Å². The monoisotopic (exact) mass is 270 g/mol. The first kappa shape index (κ1) is 11.9. The molecule has 0 unspecified atom stereocenters. The van der Waals surface area contributed by atoms with Crippen molar-refractivity contribution >= 4 is 44.9 Å². The molecule has 16 heavy (non-hydrogen) atoms. The van der Waals surface area contributed by atoms with E-state index in [0.29, 0.717) is 5.15 Å². The molecule has 2 nitrogen and oxygen atoms in total. The molecule has 2 aromatic heterocycles. The molecule has 0 aliphatic heterocycles. The Balaban J connectivity index is 2.54. The number of thiophene rings is 1. The molecule has 0 aliphatic carbocycles. The Morgan fingerprint density at radius 3 is 2.88 bits per heavy atom. The summed E-state index contributed by atoms with van der Waals surface area (Å²) < 4.78 is 0. The second-order valence-electron chi connectivity index (χ2n) is 3.36. The van der Waals surface area contributed by atoms with Gasteiger partial charge in [0.15, 0.2) is 5.16 Å². The number of nitrogens with zero attached hydrogens (tertiary/aromatic N) is 2. The molecule has 0 atom stereocenters. The van der Waals surface area contributed by atoms with Crippen molar-refractivity contribution in [3.8, 4) is 0 Å². The SMILES string of the molecule is C=CCSc1nc(Cl)c2c(C)c(C)sc2n1. The molecule has 0 fully saturated rings. The van der Waals surface area contributed by atoms with Gasteiger partial charge in [0.05, 0.1) is 5.39 Å². The van der Waals surface area contributed by atoms with Gasteiger partial charge in [0.25, 0.3) is 0 Å². The fourth-order valence-corrected chi connectivity index (χ4v) is 3.46. The first-order valence-corrected chi connectivity index (χ1v) is 6.98. The van der Waals surface area contributed by atoms with Gasteiger partial charge in [-0.2, -0.15) is 0 Å². The fraction of sp³-hybridized carbons (Fsp3) is 0.273. The van der Waals surface area contributed by atoms with Crippen molar-refractivity contribution in [2.45, 2.75) is 19.0 Å². The van der Waals surface area contributed by atoms with Gasteiger partial charge in [-0.25, -0.2) is 9.97 Å². The van der Waals surface area contributed by atoms with E-state index in [1.54, 1.807) is 23.1 Å². The van der Waals surface area contributed by atoms with Gasteiger partial charge in [0.1, 0.15) is 9.98 Å². The fourth-order valence-electron chi connectivity index (χ4n) is 1.38. The van der Waals surface area contributed by atoms with Crippen LogP contribution in [0.15, 0.2) is 17.8 Å². The third-order valence-electron chi connectivity index (χ3n) is 2.29. The van der Waals surface area contributed by atoms with Crippen LogP contribution in [0, 0.1) is 13.8 Å². The molecule has 0 radical (unpaired) electrons. The number of aromatic nitrogens is 2. The lowest BCUT2D eigenvalue weighted by atomic mass is 10.2. The Hall–Kier alpha value is -0.580. The zero-order valence-corrected chi connectivity index (χ0v) is 11.5. The lowest BCUT2D eigenvalue weighted by Crippen LogP contribution is -1.88. The van der Waals surface area contributed by atoms with Crippen LogP contribution in [0.2, 0.25) is 5.15 Å². The molecular formula is C11H11ClN2S2. The molecule has 2 heterocycles. The summed E-state index contributed by atoms with van der Waals surface area (Å²) in [7, 11) is 0. The summed E-state index contributed by atoms with van der Waals surface area (Å²) in [5.41, 5.74) is 1.19. The zero-order chi connectivity index (χ0) is 11.7. The lowest BCUT2D eigenvalue weighted by molar-refractivity contribution is 1.01. The van der Waals surface area contributed by atoms with Crippen molar-refractivity contribution in [1.29, 1.82) is 0 Å². The average molecular weight is 271 g/mol. The van der Waals surface area contributed by atoms with Crippen LogP contribution in [0.3, 0.4) is 0 Å². The van der Waals surface area contributed by atoms with Gasteiger partial charge in [0.2, 0.25) is 0 Å². The van der Waals surface area contributed by atoms with E-state index in [2.05, 4.69) is 30.4 Å². The van der Waals surface area contributed by atoms with E-state index in [0.717, 1.165) is 21.1 Å². The van der Waals surface area contributed by atoms with E-state index in [1.807, 2.05) is 6.08 Å². The highest BCUT2D eigenvalue weighted by atomic mass is 35.5. The topological polar surface area (TPSA) is 25.8 Å². The Labute approximate surface area is 108 Å². The van der Waals surface area contributed by atoms with E-state index in [-0.39, 0.29) is 0 Å². The van der Waals surface area contributed by atoms with Crippen molar-refractivity contribution in [1.82, 2.24) is 9.97 Å². The standard InChI is InChI=1S/C11H11ClN2S2/c1-4-5-15-11-13-9(12)8-6(2)7(3)16-10(8)14-11/h4H,1,5H2,2-3H3. The molecule has 0 saturated carbocycles. The van der Waals surface area contributed by atoms with Crippen molar-refractivity contribution in [3.63, 3.8) is 0 Å². The minimum atomic E-state index is 0.554. The second kappa shape index (κ2) is 4.73. The van der Waals surface area contributed by atoms with Crippen LogP contribution in [0.5, 0.6) is 0 Å². The third-order valence-corrected chi connectivity index (χ3v) is 4.51. The average Bonchev–Trinajstić information content (AvgIpc) is 2.52. The number of halogens is 1. The summed E-state index contributed by atoms with van der Waals surface area (Å²) in [6.07, 6.45) is 1.83. The molecule has 0 bridgehead atoms. The van der Waals surface area contributed by atoms with E-state index in [1.165, 1.54) is 10.4 Å². The summed E-state index contributed by atoms with van der Waals surface area (Å²) >= 11 is 9.39. The van der Waals surface area contributed by atoms with Gasteiger partial charge in [-0.1, -0.05) is 29.4 Å². The number of hydrogen-bond donors (Lipinski definition) is 0. The van der Waals surface area contributed by atoms with Crippen LogP contribution in [0.25, 0.3) is 10.2 Å². The van der Waals surface area contributed by atoms with Gasteiger partial charge in [-0.05, 0) is 19.4 Å². The molecule has 0 spiro atoms. The molecule has 2 aromatic rings. The lowest BCUT2D eigenvalue weighted by Gasteiger charge is -1.99. The van der Waals surface area contributed by atoms with Crippen LogP contribution in [-0.4, -0.2) is 15.7 Å². The number of aryl methyl sites for hydroxylation is 2. The molecule has 5 heteroatoms. The highest BCUT2D eigenvalue weighted by Gasteiger charge is 2.12. The van der Waals surface area contributed by atoms with E-state index in [9.17, 15) is 0 Å². The first-order valence-electron chi connectivity index (χ1n) is 4.80. The minimum absolute atomic E-state index is 0.554. The number of rotatable bonds is 3. The zero-order valence-electron chi connectivity index (χ0n) is 9.08. The molecule has 0 saturated heterocycles. The van der Waals surface area contributed by atoms with Gasteiger partial charge in [-0.15, -0.1) is 17.9 Å². The normalized spacial score (nSPS) is 10.9. The molecule has 0 amide bonds. The summed E-state index contributed by atoms with van der Waals surface area (Å²) in [6.45, 7) is 7.81. The number of hydrogen-bond acceptors (Lipinski definition) is 4. The summed E-state index contributed by atoms with van der Waals surface area (Å²) in [6, 6.07) is 0. The van der Waals surface area contributed by atoms with Crippen LogP contribution in [0.1, 0.15) is 10.4 Å². The van der Waals surface area contributed by atoms with Gasteiger partial charge >= 0.3 is 0 Å². The molecule has 0 N–H and O–H groups in total. The maximum absolute atomic E-state index is 6.18. The first-order chi connectivity index (χ1) is 7.63. The van der Waals surface area contributed by atoms with Crippen molar-refractivity contribution in [3.05, 3.63) is 28.2 Å². The second-order valence-corrected chi connectivity index (χ2v) is 5.91. The van der Waals surface area contributed by atoms with Crippen LogP contribution >= 0.6 is 34.7 Å². The van der Waals surface area contributed by atoms with Crippen molar-refractivity contribution in [2.75, 3.05) is 5.75 Å². The van der Waals surface area contributed by atoms with Gasteiger partial charge in [-0.3, -0.25) is 0 Å². The molecule has 2 rings (SSSR count). The summed E-state index contributed by atoms with van der Waals surface area (Å²) in [5, 5.41) is 2.27. The summed E-state index contributed by atoms with van der Waals surface area (Å²) in [5.74, 6) is 0.797. The highest BCUT2D eigenvalue weighted by molar-refractivity contribution is 7.99. The van der Waals surface area contributed by atoms with Gasteiger partial charge in [0, 0.05) is 10.6 Å². The summed E-state index contributed by atoms with van der Waals surface area (Å²) in [4.78, 5) is 11.0. The smallest absolute Gasteiger partial charge is 0.190 e. The molecule has 84 valence electrons. The minimum Gasteiger partial charge on any atom is -0.211 e. The van der Waals surface area contributed by atoms with E-state index >= 15 is 0 Å². The van der Waals surface area contributed by atoms with E-state index in [4.69, 9.17) is 11.6 Å². The highest BCUT2D eigenvalue weighted by Crippen LogP contribution is 2.34. The third kappa shape index (κ3) is 2.10. The van der Waals surface area contributed by atoms with E-state index < -0.39 is 0 Å². The maximum Gasteiger partial charge on any atom is 0.190 e. The Morgan fingerprint density at radius 2 is 2.19 bits per heavy atom. The van der Waals surface area contributed by atoms with Crippen LogP contribution in [0.4, 0.5) is 0 Å². The van der Waals surface area contributed by atoms with Crippen LogP contribution in [-0.2, 0) is 0 Å². The van der Waals surface area contributed by atoms with Crippen molar-refractivity contribution < 1.29 is 0 Å². The predicted molar refractivity (Wildman–Crippen MR) is 72.8 cm³/mol. The Bertz CT molecular complexity index is 548. The maximum atomic E-state index is 6.18. The Kier molecular flexibility index (Phi) is 3.52. The Morgan fingerprint density at radius 1 is 1.44 bits per heavy atom. The number of thioether (sulfide) groups is 1. The van der Waals surface area contributed by atoms with Crippen LogP contribution < -0.4 is 0 Å². The molecule has 0 aliphatic rings. The number of fused-ring (bicyclic) bond motifs is 1. The van der Waals surface area contributed by atoms with Crippen molar-refractivity contribution in [2.24, 2.45) is 0 Å². The molecular weight excluding hydrogens is 260 g/mol.